The molecular weight excluding hydrogens is 396 g/mol. The lowest BCUT2D eigenvalue weighted by Gasteiger charge is -2.21. The minimum Gasteiger partial charge on any atom is -0.345 e. The van der Waals surface area contributed by atoms with Crippen LogP contribution in [0.15, 0.2) is 47.4 Å². The zero-order valence-corrected chi connectivity index (χ0v) is 19.0. The van der Waals surface area contributed by atoms with Crippen LogP contribution in [0.2, 0.25) is 0 Å². The molecule has 1 atom stereocenters. The summed E-state index contributed by atoms with van der Waals surface area (Å²) in [4.78, 5) is 13.1. The van der Waals surface area contributed by atoms with Gasteiger partial charge in [-0.15, -0.1) is 0 Å². The van der Waals surface area contributed by atoms with Gasteiger partial charge in [0.1, 0.15) is 0 Å². The third-order valence-corrected chi connectivity index (χ3v) is 7.71. The maximum Gasteiger partial charge on any atom is 0.251 e. The molecule has 2 aromatic rings. The molecule has 162 valence electrons. The topological polar surface area (TPSA) is 66.5 Å². The number of nitrogens with zero attached hydrogens (tertiary/aromatic N) is 1. The van der Waals surface area contributed by atoms with E-state index in [0.717, 1.165) is 43.2 Å². The van der Waals surface area contributed by atoms with Gasteiger partial charge in [0.2, 0.25) is 10.0 Å². The Hall–Kier alpha value is -2.18. The van der Waals surface area contributed by atoms with E-state index < -0.39 is 10.0 Å². The average Bonchev–Trinajstić information content (AvgIpc) is 3.02. The number of hydrogen-bond acceptors (Lipinski definition) is 3. The van der Waals surface area contributed by atoms with Crippen LogP contribution < -0.4 is 5.32 Å². The predicted molar refractivity (Wildman–Crippen MR) is 120 cm³/mol. The number of nitrogens with one attached hydrogen (secondary N) is 1. The monoisotopic (exact) mass is 428 g/mol. The van der Waals surface area contributed by atoms with Crippen molar-refractivity contribution in [3.05, 3.63) is 64.7 Å². The average molecular weight is 429 g/mol. The first kappa shape index (κ1) is 22.5. The second-order valence-corrected chi connectivity index (χ2v) is 10.1. The quantitative estimate of drug-likeness (QED) is 0.722. The van der Waals surface area contributed by atoms with Gasteiger partial charge in [0, 0.05) is 18.7 Å². The summed E-state index contributed by atoms with van der Waals surface area (Å²) in [5.41, 5.74) is 3.78. The molecule has 0 unspecified atom stereocenters. The first-order valence-electron chi connectivity index (χ1n) is 10.8. The second-order valence-electron chi connectivity index (χ2n) is 8.14. The highest BCUT2D eigenvalue weighted by molar-refractivity contribution is 7.89. The van der Waals surface area contributed by atoms with Crippen molar-refractivity contribution in [2.75, 3.05) is 13.1 Å². The van der Waals surface area contributed by atoms with Gasteiger partial charge in [-0.3, -0.25) is 4.79 Å². The van der Waals surface area contributed by atoms with Crippen LogP contribution in [0.25, 0.3) is 0 Å². The minimum absolute atomic E-state index is 0.121. The van der Waals surface area contributed by atoms with Crippen molar-refractivity contribution in [2.45, 2.75) is 63.8 Å². The number of carbonyl (C=O) groups excluding carboxylic acids is 1. The Kier molecular flexibility index (Phi) is 7.32. The van der Waals surface area contributed by atoms with Gasteiger partial charge in [-0.1, -0.05) is 49.6 Å². The second kappa shape index (κ2) is 9.75. The van der Waals surface area contributed by atoms with Crippen molar-refractivity contribution in [1.82, 2.24) is 9.62 Å². The summed E-state index contributed by atoms with van der Waals surface area (Å²) in [6.45, 7) is 7.22. The van der Waals surface area contributed by atoms with Crippen molar-refractivity contribution in [3.8, 4) is 0 Å². The molecule has 2 aromatic carbocycles. The SMILES string of the molecule is CC[C@H](NC(=O)c1cccc(S(=O)(=O)N2CCCCCC2)c1)c1ccc(C)cc1C. The van der Waals surface area contributed by atoms with Crippen molar-refractivity contribution in [1.29, 1.82) is 0 Å². The highest BCUT2D eigenvalue weighted by Crippen LogP contribution is 2.24. The van der Waals surface area contributed by atoms with Crippen LogP contribution in [-0.2, 0) is 10.0 Å². The fourth-order valence-electron chi connectivity index (χ4n) is 4.09. The molecule has 1 N–H and O–H groups in total. The Balaban J connectivity index is 1.81. The highest BCUT2D eigenvalue weighted by Gasteiger charge is 2.26. The Morgan fingerprint density at radius 3 is 2.37 bits per heavy atom. The van der Waals surface area contributed by atoms with Crippen LogP contribution in [0.4, 0.5) is 0 Å². The van der Waals surface area contributed by atoms with Gasteiger partial charge in [0.05, 0.1) is 10.9 Å². The van der Waals surface area contributed by atoms with E-state index in [0.29, 0.717) is 18.7 Å². The highest BCUT2D eigenvalue weighted by atomic mass is 32.2. The molecule has 6 heteroatoms. The molecule has 1 saturated heterocycles. The molecule has 1 aliphatic rings. The molecule has 30 heavy (non-hydrogen) atoms. The largest absolute Gasteiger partial charge is 0.345 e. The van der Waals surface area contributed by atoms with Crippen LogP contribution >= 0.6 is 0 Å². The smallest absolute Gasteiger partial charge is 0.251 e. The van der Waals surface area contributed by atoms with Gasteiger partial charge in [0.15, 0.2) is 0 Å². The summed E-state index contributed by atoms with van der Waals surface area (Å²) in [5.74, 6) is -0.255. The van der Waals surface area contributed by atoms with Gasteiger partial charge >= 0.3 is 0 Å². The molecule has 0 bridgehead atoms. The van der Waals surface area contributed by atoms with Gasteiger partial charge < -0.3 is 5.32 Å². The number of aryl methyl sites for hydroxylation is 2. The fourth-order valence-corrected chi connectivity index (χ4v) is 5.65. The third-order valence-electron chi connectivity index (χ3n) is 5.81. The van der Waals surface area contributed by atoms with Crippen LogP contribution in [0.1, 0.15) is 72.1 Å². The molecule has 0 aliphatic carbocycles. The molecule has 5 nitrogen and oxygen atoms in total. The fraction of sp³-hybridized carbons (Fsp3) is 0.458. The number of rotatable bonds is 6. The number of sulfonamides is 1. The summed E-state index contributed by atoms with van der Waals surface area (Å²) < 4.78 is 27.7. The molecule has 0 radical (unpaired) electrons. The summed E-state index contributed by atoms with van der Waals surface area (Å²) >= 11 is 0. The Labute approximate surface area is 180 Å². The molecule has 0 spiro atoms. The Morgan fingerprint density at radius 2 is 1.73 bits per heavy atom. The number of benzene rings is 2. The predicted octanol–water partition coefficient (Wildman–Crippen LogP) is 4.75. The summed E-state index contributed by atoms with van der Waals surface area (Å²) in [7, 11) is -3.59. The molecule has 3 rings (SSSR count). The number of hydrogen-bond donors (Lipinski definition) is 1. The summed E-state index contributed by atoms with van der Waals surface area (Å²) in [6, 6.07) is 12.5. The minimum atomic E-state index is -3.59. The first-order valence-corrected chi connectivity index (χ1v) is 12.2. The molecule has 1 aliphatic heterocycles. The van der Waals surface area contributed by atoms with Crippen molar-refractivity contribution in [3.63, 3.8) is 0 Å². The van der Waals surface area contributed by atoms with E-state index in [1.807, 2.05) is 26.8 Å². The molecule has 0 aromatic heterocycles. The van der Waals surface area contributed by atoms with E-state index in [4.69, 9.17) is 0 Å². The Morgan fingerprint density at radius 1 is 1.03 bits per heavy atom. The van der Waals surface area contributed by atoms with Gasteiger partial charge in [-0.05, 0) is 62.4 Å². The first-order chi connectivity index (χ1) is 14.3. The number of carbonyl (C=O) groups is 1. The van der Waals surface area contributed by atoms with Crippen molar-refractivity contribution >= 4 is 15.9 Å². The van der Waals surface area contributed by atoms with Crippen molar-refractivity contribution < 1.29 is 13.2 Å². The Bertz CT molecular complexity index is 993. The lowest BCUT2D eigenvalue weighted by molar-refractivity contribution is 0.0935. The van der Waals surface area contributed by atoms with Crippen LogP contribution in [-0.4, -0.2) is 31.7 Å². The van der Waals surface area contributed by atoms with E-state index in [1.54, 1.807) is 22.5 Å². The van der Waals surface area contributed by atoms with E-state index >= 15 is 0 Å². The summed E-state index contributed by atoms with van der Waals surface area (Å²) in [6.07, 6.45) is 4.64. The zero-order valence-electron chi connectivity index (χ0n) is 18.1. The van der Waals surface area contributed by atoms with E-state index in [-0.39, 0.29) is 16.8 Å². The normalized spacial score (nSPS) is 16.6. The van der Waals surface area contributed by atoms with Gasteiger partial charge in [0.25, 0.3) is 5.91 Å². The number of amides is 1. The van der Waals surface area contributed by atoms with Crippen LogP contribution in [0.5, 0.6) is 0 Å². The maximum absolute atomic E-state index is 13.1. The molecular formula is C24H32N2O3S. The maximum atomic E-state index is 13.1. The lowest BCUT2D eigenvalue weighted by Crippen LogP contribution is -2.32. The van der Waals surface area contributed by atoms with Gasteiger partial charge in [-0.25, -0.2) is 8.42 Å². The molecule has 1 heterocycles. The molecule has 1 amide bonds. The van der Waals surface area contributed by atoms with Crippen LogP contribution in [0, 0.1) is 13.8 Å². The lowest BCUT2D eigenvalue weighted by atomic mass is 9.97. The van der Waals surface area contributed by atoms with Gasteiger partial charge in [-0.2, -0.15) is 4.31 Å². The van der Waals surface area contributed by atoms with E-state index in [2.05, 4.69) is 17.4 Å². The molecule has 1 fully saturated rings. The van der Waals surface area contributed by atoms with Crippen LogP contribution in [0.3, 0.4) is 0 Å². The van der Waals surface area contributed by atoms with E-state index in [9.17, 15) is 13.2 Å². The third kappa shape index (κ3) is 5.10. The summed E-state index contributed by atoms with van der Waals surface area (Å²) in [5, 5.41) is 3.08. The van der Waals surface area contributed by atoms with E-state index in [1.165, 1.54) is 11.6 Å². The zero-order chi connectivity index (χ0) is 21.7. The standard InChI is InChI=1S/C24H32N2O3S/c1-4-23(22-13-12-18(2)16-19(22)3)25-24(27)20-10-9-11-21(17-20)30(28,29)26-14-7-5-6-8-15-26/h9-13,16-17,23H,4-8,14-15H2,1-3H3,(H,25,27)/t23-/m0/s1. The van der Waals surface area contributed by atoms with Crippen molar-refractivity contribution in [2.24, 2.45) is 0 Å². The molecule has 0 saturated carbocycles.